The Morgan fingerprint density at radius 1 is 1.40 bits per heavy atom. The van der Waals surface area contributed by atoms with Crippen molar-refractivity contribution in [3.63, 3.8) is 0 Å². The number of pyridine rings is 1. The molecule has 2 heterocycles. The predicted molar refractivity (Wildman–Crippen MR) is 78.6 cm³/mol. The molecule has 1 N–H and O–H groups in total. The third kappa shape index (κ3) is 3.77. The first-order valence-corrected chi connectivity index (χ1v) is 7.29. The first-order valence-electron chi connectivity index (χ1n) is 6.91. The van der Waals surface area contributed by atoms with E-state index in [-0.39, 0.29) is 0 Å². The van der Waals surface area contributed by atoms with E-state index in [0.29, 0.717) is 34.9 Å². The summed E-state index contributed by atoms with van der Waals surface area (Å²) in [6, 6.07) is 3.88. The van der Waals surface area contributed by atoms with Crippen LogP contribution >= 0.6 is 11.6 Å². The summed E-state index contributed by atoms with van der Waals surface area (Å²) in [7, 11) is 0. The van der Waals surface area contributed by atoms with Gasteiger partial charge in [-0.3, -0.25) is 4.98 Å². The van der Waals surface area contributed by atoms with Crippen molar-refractivity contribution < 1.29 is 4.52 Å². The molecular formula is C14H19ClN4O. The quantitative estimate of drug-likeness (QED) is 0.850. The minimum atomic E-state index is 0.349. The first kappa shape index (κ1) is 14.9. The van der Waals surface area contributed by atoms with Crippen molar-refractivity contribution in [3.8, 4) is 11.5 Å². The summed E-state index contributed by atoms with van der Waals surface area (Å²) >= 11 is 6.07. The molecule has 0 amide bonds. The number of nitrogens with zero attached hydrogens (tertiary/aromatic N) is 3. The van der Waals surface area contributed by atoms with Gasteiger partial charge in [0.2, 0.25) is 11.7 Å². The van der Waals surface area contributed by atoms with Gasteiger partial charge in [-0.05, 0) is 31.5 Å². The molecule has 0 aliphatic rings. The number of nitrogens with one attached hydrogen (secondary N) is 1. The molecule has 1 unspecified atom stereocenters. The van der Waals surface area contributed by atoms with Crippen LogP contribution in [0.1, 0.15) is 32.6 Å². The summed E-state index contributed by atoms with van der Waals surface area (Å²) in [6.45, 7) is 5.28. The summed E-state index contributed by atoms with van der Waals surface area (Å²) in [6.07, 6.45) is 4.50. The Labute approximate surface area is 123 Å². The van der Waals surface area contributed by atoms with E-state index >= 15 is 0 Å². The van der Waals surface area contributed by atoms with Crippen molar-refractivity contribution in [2.75, 3.05) is 6.54 Å². The van der Waals surface area contributed by atoms with Gasteiger partial charge in [0, 0.05) is 18.7 Å². The van der Waals surface area contributed by atoms with E-state index in [0.717, 1.165) is 19.4 Å². The average molecular weight is 295 g/mol. The molecule has 0 radical (unpaired) electrons. The second kappa shape index (κ2) is 7.36. The van der Waals surface area contributed by atoms with Crippen LogP contribution in [0.5, 0.6) is 0 Å². The topological polar surface area (TPSA) is 63.8 Å². The number of hydrogen-bond acceptors (Lipinski definition) is 5. The number of hydrogen-bond donors (Lipinski definition) is 1. The zero-order chi connectivity index (χ0) is 14.4. The fourth-order valence-corrected chi connectivity index (χ4v) is 2.11. The Balaban J connectivity index is 2.07. The molecule has 2 aromatic rings. The molecule has 0 aromatic carbocycles. The highest BCUT2D eigenvalue weighted by molar-refractivity contribution is 6.32. The van der Waals surface area contributed by atoms with Crippen LogP contribution in [0.4, 0.5) is 0 Å². The zero-order valence-electron chi connectivity index (χ0n) is 11.8. The second-order valence-electron chi connectivity index (χ2n) is 4.61. The highest BCUT2D eigenvalue weighted by Crippen LogP contribution is 2.22. The van der Waals surface area contributed by atoms with Crippen molar-refractivity contribution in [2.24, 2.45) is 0 Å². The summed E-state index contributed by atoms with van der Waals surface area (Å²) in [5.41, 5.74) is 0.554. The lowest BCUT2D eigenvalue weighted by atomic mass is 10.1. The van der Waals surface area contributed by atoms with E-state index in [9.17, 15) is 0 Å². The van der Waals surface area contributed by atoms with E-state index in [1.54, 1.807) is 18.3 Å². The largest absolute Gasteiger partial charge is 0.339 e. The molecule has 5 nitrogen and oxygen atoms in total. The standard InChI is InChI=1S/C14H19ClN4O/c1-3-7-16-10(4-2)9-12-18-14(19-20-12)13-11(15)6-5-8-17-13/h5-6,8,10,16H,3-4,7,9H2,1-2H3. The van der Waals surface area contributed by atoms with Crippen LogP contribution in [0.25, 0.3) is 11.5 Å². The van der Waals surface area contributed by atoms with Gasteiger partial charge in [0.15, 0.2) is 0 Å². The Hall–Kier alpha value is -1.46. The molecule has 0 aliphatic carbocycles. The number of rotatable bonds is 7. The Morgan fingerprint density at radius 2 is 2.25 bits per heavy atom. The van der Waals surface area contributed by atoms with Crippen molar-refractivity contribution in [2.45, 2.75) is 39.2 Å². The highest BCUT2D eigenvalue weighted by Gasteiger charge is 2.15. The maximum absolute atomic E-state index is 6.07. The van der Waals surface area contributed by atoms with Crippen molar-refractivity contribution in [1.82, 2.24) is 20.4 Å². The van der Waals surface area contributed by atoms with Gasteiger partial charge in [-0.25, -0.2) is 0 Å². The minimum absolute atomic E-state index is 0.349. The molecule has 0 aliphatic heterocycles. The van der Waals surface area contributed by atoms with Crippen LogP contribution in [-0.2, 0) is 6.42 Å². The fraction of sp³-hybridized carbons (Fsp3) is 0.500. The zero-order valence-corrected chi connectivity index (χ0v) is 12.5. The van der Waals surface area contributed by atoms with Crippen LogP contribution in [-0.4, -0.2) is 27.7 Å². The third-order valence-electron chi connectivity index (χ3n) is 3.04. The summed E-state index contributed by atoms with van der Waals surface area (Å²) in [4.78, 5) is 8.55. The highest BCUT2D eigenvalue weighted by atomic mass is 35.5. The van der Waals surface area contributed by atoms with Gasteiger partial charge in [-0.2, -0.15) is 4.98 Å². The normalized spacial score (nSPS) is 12.6. The van der Waals surface area contributed by atoms with Crippen LogP contribution in [0.2, 0.25) is 5.02 Å². The van der Waals surface area contributed by atoms with Crippen LogP contribution in [0.15, 0.2) is 22.9 Å². The molecule has 1 atom stereocenters. The monoisotopic (exact) mass is 294 g/mol. The van der Waals surface area contributed by atoms with Gasteiger partial charge in [0.1, 0.15) is 5.69 Å². The maximum atomic E-state index is 6.07. The smallest absolute Gasteiger partial charge is 0.228 e. The molecule has 2 rings (SSSR count). The van der Waals surface area contributed by atoms with E-state index in [1.165, 1.54) is 0 Å². The molecule has 2 aromatic heterocycles. The van der Waals surface area contributed by atoms with E-state index in [1.807, 2.05) is 0 Å². The van der Waals surface area contributed by atoms with E-state index in [4.69, 9.17) is 16.1 Å². The fourth-order valence-electron chi connectivity index (χ4n) is 1.90. The van der Waals surface area contributed by atoms with E-state index < -0.39 is 0 Å². The Kier molecular flexibility index (Phi) is 5.49. The minimum Gasteiger partial charge on any atom is -0.339 e. The van der Waals surface area contributed by atoms with Crippen LogP contribution in [0, 0.1) is 0 Å². The predicted octanol–water partition coefficient (Wildman–Crippen LogP) is 3.11. The first-order chi connectivity index (χ1) is 9.74. The molecule has 108 valence electrons. The lowest BCUT2D eigenvalue weighted by Gasteiger charge is -2.13. The van der Waals surface area contributed by atoms with Gasteiger partial charge in [-0.1, -0.05) is 30.6 Å². The molecule has 0 spiro atoms. The maximum Gasteiger partial charge on any atom is 0.228 e. The lowest BCUT2D eigenvalue weighted by Crippen LogP contribution is -2.31. The van der Waals surface area contributed by atoms with Gasteiger partial charge in [0.05, 0.1) is 5.02 Å². The Bertz CT molecular complexity index is 543. The van der Waals surface area contributed by atoms with Crippen LogP contribution in [0.3, 0.4) is 0 Å². The van der Waals surface area contributed by atoms with Gasteiger partial charge in [-0.15, -0.1) is 0 Å². The number of aromatic nitrogens is 3. The summed E-state index contributed by atoms with van der Waals surface area (Å²) in [5.74, 6) is 1.05. The Morgan fingerprint density at radius 3 is 2.95 bits per heavy atom. The van der Waals surface area contributed by atoms with Crippen molar-refractivity contribution in [3.05, 3.63) is 29.2 Å². The molecule has 20 heavy (non-hydrogen) atoms. The third-order valence-corrected chi connectivity index (χ3v) is 3.34. The SMILES string of the molecule is CCCNC(CC)Cc1nc(-c2ncccc2Cl)no1. The van der Waals surface area contributed by atoms with Gasteiger partial charge in [0.25, 0.3) is 0 Å². The van der Waals surface area contributed by atoms with E-state index in [2.05, 4.69) is 34.3 Å². The average Bonchev–Trinajstić information content (AvgIpc) is 2.92. The molecule has 0 bridgehead atoms. The van der Waals surface area contributed by atoms with Crippen molar-refractivity contribution in [1.29, 1.82) is 0 Å². The molecule has 6 heteroatoms. The number of halogens is 1. The molecule has 0 fully saturated rings. The second-order valence-corrected chi connectivity index (χ2v) is 5.02. The van der Waals surface area contributed by atoms with Crippen LogP contribution < -0.4 is 5.32 Å². The summed E-state index contributed by atoms with van der Waals surface area (Å²) in [5, 5.41) is 7.94. The molecular weight excluding hydrogens is 276 g/mol. The van der Waals surface area contributed by atoms with Gasteiger partial charge < -0.3 is 9.84 Å². The molecule has 0 saturated heterocycles. The van der Waals surface area contributed by atoms with Gasteiger partial charge >= 0.3 is 0 Å². The lowest BCUT2D eigenvalue weighted by molar-refractivity contribution is 0.354. The molecule has 0 saturated carbocycles. The summed E-state index contributed by atoms with van der Waals surface area (Å²) < 4.78 is 5.29. The van der Waals surface area contributed by atoms with Crippen molar-refractivity contribution >= 4 is 11.6 Å².